The second kappa shape index (κ2) is 4.56. The maximum atomic E-state index is 12.5. The maximum absolute atomic E-state index is 12.5. The van der Waals surface area contributed by atoms with Gasteiger partial charge in [-0.2, -0.15) is 0 Å². The number of nitrogens with zero attached hydrogens (tertiary/aromatic N) is 2. The van der Waals surface area contributed by atoms with Crippen LogP contribution in [0.25, 0.3) is 0 Å². The summed E-state index contributed by atoms with van der Waals surface area (Å²) in [6, 6.07) is 0. The van der Waals surface area contributed by atoms with E-state index < -0.39 is 10.0 Å². The Balaban J connectivity index is 1.58. The fourth-order valence-corrected chi connectivity index (χ4v) is 6.41. The molecular weight excluding hydrogens is 288 g/mol. The smallest absolute Gasteiger partial charge is 0.226 e. The molecule has 0 aromatic carbocycles. The fourth-order valence-electron chi connectivity index (χ4n) is 4.22. The Labute approximate surface area is 126 Å². The number of sulfonamides is 1. The van der Waals surface area contributed by atoms with E-state index >= 15 is 0 Å². The van der Waals surface area contributed by atoms with Crippen LogP contribution in [0.5, 0.6) is 0 Å². The molecular formula is C15H22N2O3S. The van der Waals surface area contributed by atoms with Crippen LogP contribution in [0.4, 0.5) is 0 Å². The van der Waals surface area contributed by atoms with Gasteiger partial charge in [-0.05, 0) is 36.8 Å². The zero-order chi connectivity index (χ0) is 14.8. The zero-order valence-electron chi connectivity index (χ0n) is 12.4. The van der Waals surface area contributed by atoms with Gasteiger partial charge in [0.25, 0.3) is 0 Å². The first kappa shape index (κ1) is 13.8. The molecule has 116 valence electrons. The van der Waals surface area contributed by atoms with Crippen molar-refractivity contribution in [2.45, 2.75) is 37.9 Å². The Bertz CT molecular complexity index is 621. The van der Waals surface area contributed by atoms with Crippen LogP contribution in [0.15, 0.2) is 11.1 Å². The van der Waals surface area contributed by atoms with Crippen LogP contribution in [-0.4, -0.2) is 55.0 Å². The normalized spacial score (nSPS) is 35.0. The van der Waals surface area contributed by atoms with Crippen LogP contribution < -0.4 is 0 Å². The first-order valence-electron chi connectivity index (χ1n) is 8.01. The lowest BCUT2D eigenvalue weighted by Gasteiger charge is -2.24. The minimum absolute atomic E-state index is 0.121. The van der Waals surface area contributed by atoms with Crippen molar-refractivity contribution < 1.29 is 13.2 Å². The Kier molecular flexibility index (Phi) is 2.99. The molecule has 2 atom stereocenters. The highest BCUT2D eigenvalue weighted by atomic mass is 32.2. The number of amides is 1. The van der Waals surface area contributed by atoms with Crippen molar-refractivity contribution in [1.29, 1.82) is 0 Å². The Morgan fingerprint density at radius 1 is 1.24 bits per heavy atom. The molecule has 2 aliphatic heterocycles. The summed E-state index contributed by atoms with van der Waals surface area (Å²) >= 11 is 0. The molecule has 0 spiro atoms. The molecule has 0 aromatic rings. The van der Waals surface area contributed by atoms with Crippen molar-refractivity contribution in [2.24, 2.45) is 11.8 Å². The van der Waals surface area contributed by atoms with E-state index in [1.54, 1.807) is 4.31 Å². The second-order valence-electron chi connectivity index (χ2n) is 6.78. The van der Waals surface area contributed by atoms with Crippen LogP contribution in [0, 0.1) is 11.8 Å². The van der Waals surface area contributed by atoms with E-state index in [-0.39, 0.29) is 23.0 Å². The van der Waals surface area contributed by atoms with Gasteiger partial charge in [0.05, 0.1) is 5.25 Å². The Morgan fingerprint density at radius 3 is 2.67 bits per heavy atom. The van der Waals surface area contributed by atoms with Crippen molar-refractivity contribution in [3.8, 4) is 0 Å². The van der Waals surface area contributed by atoms with Gasteiger partial charge in [0.1, 0.15) is 0 Å². The highest BCUT2D eigenvalue weighted by Gasteiger charge is 2.51. The summed E-state index contributed by atoms with van der Waals surface area (Å²) < 4.78 is 26.6. The number of fused-ring (bicyclic) bond motifs is 2. The summed E-state index contributed by atoms with van der Waals surface area (Å²) in [5, 5.41) is -0.243. The van der Waals surface area contributed by atoms with Gasteiger partial charge in [0, 0.05) is 38.0 Å². The first-order valence-corrected chi connectivity index (χ1v) is 9.51. The molecule has 1 saturated heterocycles. The van der Waals surface area contributed by atoms with Crippen LogP contribution in [-0.2, 0) is 14.8 Å². The van der Waals surface area contributed by atoms with Crippen LogP contribution >= 0.6 is 0 Å². The summed E-state index contributed by atoms with van der Waals surface area (Å²) in [6.07, 6.45) is 3.64. The Hall–Kier alpha value is -0.880. The summed E-state index contributed by atoms with van der Waals surface area (Å²) in [4.78, 5) is 14.2. The lowest BCUT2D eigenvalue weighted by atomic mass is 9.84. The molecule has 21 heavy (non-hydrogen) atoms. The lowest BCUT2D eigenvalue weighted by molar-refractivity contribution is -0.131. The number of hydrogen-bond donors (Lipinski definition) is 0. The molecule has 1 saturated carbocycles. The maximum Gasteiger partial charge on any atom is 0.226 e. The molecule has 0 aromatic heterocycles. The largest absolute Gasteiger partial charge is 0.334 e. The average molecular weight is 310 g/mol. The standard InChI is InChI=1S/C15H22N2O3S/c1-2-17-9-13-12-8-16(15(18)10-3-4-10)7-11(12)5-6-14(13)21(17,19)20/h10,13-14H,2-9H2,1H3/t13-,14+/m0/s1. The SMILES string of the molecule is CCN1C[C@H]2C3=C(CC[C@H]2S1(=O)=O)CN(C(=O)C1CC1)C3. The zero-order valence-corrected chi connectivity index (χ0v) is 13.2. The molecule has 0 N–H and O–H groups in total. The van der Waals surface area contributed by atoms with Crippen molar-refractivity contribution in [1.82, 2.24) is 9.21 Å². The second-order valence-corrected chi connectivity index (χ2v) is 8.93. The van der Waals surface area contributed by atoms with E-state index in [1.165, 1.54) is 11.1 Å². The molecule has 6 heteroatoms. The number of carbonyl (C=O) groups is 1. The minimum Gasteiger partial charge on any atom is -0.334 e. The predicted octanol–water partition coefficient (Wildman–Crippen LogP) is 0.979. The number of hydrogen-bond acceptors (Lipinski definition) is 3. The van der Waals surface area contributed by atoms with Gasteiger partial charge in [-0.15, -0.1) is 0 Å². The van der Waals surface area contributed by atoms with Crippen LogP contribution in [0.2, 0.25) is 0 Å². The van der Waals surface area contributed by atoms with Crippen LogP contribution in [0.1, 0.15) is 32.6 Å². The van der Waals surface area contributed by atoms with Gasteiger partial charge < -0.3 is 4.90 Å². The molecule has 5 nitrogen and oxygen atoms in total. The molecule has 4 rings (SSSR count). The van der Waals surface area contributed by atoms with Crippen LogP contribution in [0.3, 0.4) is 0 Å². The summed E-state index contributed by atoms with van der Waals surface area (Å²) in [5.74, 6) is 0.659. The van der Waals surface area contributed by atoms with E-state index in [4.69, 9.17) is 0 Å². The highest BCUT2D eigenvalue weighted by Crippen LogP contribution is 2.44. The molecule has 2 fully saturated rings. The summed E-state index contributed by atoms with van der Waals surface area (Å²) in [7, 11) is -3.12. The molecule has 1 amide bonds. The fraction of sp³-hybridized carbons (Fsp3) is 0.800. The van der Waals surface area contributed by atoms with Gasteiger partial charge in [-0.25, -0.2) is 12.7 Å². The van der Waals surface area contributed by atoms with E-state index in [9.17, 15) is 13.2 Å². The third kappa shape index (κ3) is 1.99. The third-order valence-electron chi connectivity index (χ3n) is 5.56. The Morgan fingerprint density at radius 2 is 2.00 bits per heavy atom. The molecule has 4 aliphatic rings. The molecule has 2 heterocycles. The molecule has 0 bridgehead atoms. The summed E-state index contributed by atoms with van der Waals surface area (Å²) in [5.41, 5.74) is 2.61. The van der Waals surface area contributed by atoms with Crippen molar-refractivity contribution in [3.63, 3.8) is 0 Å². The quantitative estimate of drug-likeness (QED) is 0.714. The predicted molar refractivity (Wildman–Crippen MR) is 79.0 cm³/mol. The van der Waals surface area contributed by atoms with E-state index in [0.29, 0.717) is 19.6 Å². The minimum atomic E-state index is -3.12. The van der Waals surface area contributed by atoms with Crippen molar-refractivity contribution in [2.75, 3.05) is 26.2 Å². The average Bonchev–Trinajstić information content (AvgIpc) is 3.15. The lowest BCUT2D eigenvalue weighted by Crippen LogP contribution is -2.32. The van der Waals surface area contributed by atoms with Gasteiger partial charge in [0.2, 0.25) is 15.9 Å². The highest BCUT2D eigenvalue weighted by molar-refractivity contribution is 7.90. The molecule has 0 radical (unpaired) electrons. The number of rotatable bonds is 2. The van der Waals surface area contributed by atoms with E-state index in [1.807, 2.05) is 11.8 Å². The monoisotopic (exact) mass is 310 g/mol. The van der Waals surface area contributed by atoms with Crippen molar-refractivity contribution >= 4 is 15.9 Å². The first-order chi connectivity index (χ1) is 10.0. The van der Waals surface area contributed by atoms with E-state index in [0.717, 1.165) is 32.2 Å². The third-order valence-corrected chi connectivity index (χ3v) is 8.01. The van der Waals surface area contributed by atoms with Gasteiger partial charge >= 0.3 is 0 Å². The van der Waals surface area contributed by atoms with Crippen molar-refractivity contribution in [3.05, 3.63) is 11.1 Å². The molecule has 0 unspecified atom stereocenters. The van der Waals surface area contributed by atoms with Gasteiger partial charge in [-0.1, -0.05) is 6.92 Å². The van der Waals surface area contributed by atoms with Gasteiger partial charge in [0.15, 0.2) is 0 Å². The topological polar surface area (TPSA) is 57.7 Å². The molecule has 2 aliphatic carbocycles. The summed E-state index contributed by atoms with van der Waals surface area (Å²) in [6.45, 7) is 4.51. The van der Waals surface area contributed by atoms with Gasteiger partial charge in [-0.3, -0.25) is 4.79 Å². The van der Waals surface area contributed by atoms with E-state index in [2.05, 4.69) is 0 Å². The number of carbonyl (C=O) groups excluding carboxylic acids is 1.